The first-order valence-electron chi connectivity index (χ1n) is 11.4. The summed E-state index contributed by atoms with van der Waals surface area (Å²) < 4.78 is 5.59. The Morgan fingerprint density at radius 3 is 2.58 bits per heavy atom. The molecule has 2 aromatic heterocycles. The molecule has 2 heterocycles. The van der Waals surface area contributed by atoms with Crippen molar-refractivity contribution < 1.29 is 29.3 Å². The van der Waals surface area contributed by atoms with Gasteiger partial charge in [-0.1, -0.05) is 31.4 Å². The number of aromatic carboxylic acids is 1. The van der Waals surface area contributed by atoms with Crippen molar-refractivity contribution in [2.45, 2.75) is 32.1 Å². The first-order chi connectivity index (χ1) is 17.3. The van der Waals surface area contributed by atoms with Crippen molar-refractivity contribution in [1.29, 1.82) is 0 Å². The van der Waals surface area contributed by atoms with Crippen LogP contribution in [0.1, 0.15) is 41.8 Å². The third-order valence-electron chi connectivity index (χ3n) is 5.95. The van der Waals surface area contributed by atoms with Crippen molar-refractivity contribution in [2.24, 2.45) is 5.92 Å². The monoisotopic (exact) mass is 592 g/mol. The van der Waals surface area contributed by atoms with E-state index in [2.05, 4.69) is 21.2 Å². The Morgan fingerprint density at radius 2 is 1.92 bits per heavy atom. The molecular weight excluding hydrogens is 568 g/mol. The number of rotatable bonds is 9. The number of thiophene rings is 2. The Morgan fingerprint density at radius 1 is 1.14 bits per heavy atom. The Kier molecular flexibility index (Phi) is 8.65. The standard InChI is InChI=1S/C25H25BrN2O6S2/c26-20-21(34-13-19(29)30)23(24(31)32)36-22(20)16-7-4-8-17(11-16)27-25(33)28(18-9-10-35-14-18)12-15-5-2-1-3-6-15/h4,7-11,14-15H,1-3,5-6,12-13H2,(H,27,33)(H,29,30)(H,31,32). The van der Waals surface area contributed by atoms with E-state index in [1.54, 1.807) is 40.5 Å². The highest BCUT2D eigenvalue weighted by atomic mass is 79.9. The van der Waals surface area contributed by atoms with Crippen LogP contribution in [0.5, 0.6) is 5.75 Å². The lowest BCUT2D eigenvalue weighted by molar-refractivity contribution is -0.139. The molecule has 1 aromatic carbocycles. The molecule has 1 aliphatic carbocycles. The molecule has 8 nitrogen and oxygen atoms in total. The summed E-state index contributed by atoms with van der Waals surface area (Å²) in [5.74, 6) is -1.99. The summed E-state index contributed by atoms with van der Waals surface area (Å²) in [6.07, 6.45) is 5.87. The summed E-state index contributed by atoms with van der Waals surface area (Å²) in [6.45, 7) is -0.00442. The van der Waals surface area contributed by atoms with Crippen LogP contribution in [0.2, 0.25) is 0 Å². The SMILES string of the molecule is O=C(O)COc1c(C(=O)O)sc(-c2cccc(NC(=O)N(CC3CCCCC3)c3ccsc3)c2)c1Br. The van der Waals surface area contributed by atoms with Crippen LogP contribution in [0.25, 0.3) is 10.4 Å². The number of carboxylic acid groups (broad SMARTS) is 2. The number of carbonyl (C=O) groups excluding carboxylic acids is 1. The number of benzene rings is 1. The summed E-state index contributed by atoms with van der Waals surface area (Å²) in [6, 6.07) is 8.81. The van der Waals surface area contributed by atoms with E-state index in [-0.39, 0.29) is 16.7 Å². The molecule has 3 aromatic rings. The number of hydrogen-bond donors (Lipinski definition) is 3. The highest BCUT2D eigenvalue weighted by Gasteiger charge is 2.26. The first-order valence-corrected chi connectivity index (χ1v) is 14.0. The largest absolute Gasteiger partial charge is 0.479 e. The number of aliphatic carboxylic acids is 1. The predicted molar refractivity (Wildman–Crippen MR) is 145 cm³/mol. The van der Waals surface area contributed by atoms with Crippen LogP contribution in [0.3, 0.4) is 0 Å². The molecule has 3 N–H and O–H groups in total. The zero-order chi connectivity index (χ0) is 25.7. The first kappa shape index (κ1) is 26.2. The van der Waals surface area contributed by atoms with Crippen LogP contribution in [-0.2, 0) is 4.79 Å². The van der Waals surface area contributed by atoms with Crippen molar-refractivity contribution >= 4 is 67.9 Å². The summed E-state index contributed by atoms with van der Waals surface area (Å²) in [5.41, 5.74) is 2.09. The Bertz CT molecular complexity index is 1240. The lowest BCUT2D eigenvalue weighted by Gasteiger charge is -2.29. The fourth-order valence-electron chi connectivity index (χ4n) is 4.26. The van der Waals surface area contributed by atoms with Gasteiger partial charge in [-0.05, 0) is 63.8 Å². The van der Waals surface area contributed by atoms with Gasteiger partial charge in [0, 0.05) is 17.6 Å². The smallest absolute Gasteiger partial charge is 0.349 e. The van der Waals surface area contributed by atoms with E-state index in [0.717, 1.165) is 29.9 Å². The molecule has 1 saturated carbocycles. The van der Waals surface area contributed by atoms with E-state index in [1.807, 2.05) is 16.8 Å². The predicted octanol–water partition coefficient (Wildman–Crippen LogP) is 7.02. The van der Waals surface area contributed by atoms with Gasteiger partial charge in [-0.15, -0.1) is 11.3 Å². The molecule has 11 heteroatoms. The molecule has 4 rings (SSSR count). The maximum atomic E-state index is 13.4. The molecule has 190 valence electrons. The zero-order valence-electron chi connectivity index (χ0n) is 19.2. The number of hydrogen-bond acceptors (Lipinski definition) is 6. The molecular formula is C25H25BrN2O6S2. The number of nitrogens with zero attached hydrogens (tertiary/aromatic N) is 1. The highest BCUT2D eigenvalue weighted by molar-refractivity contribution is 9.10. The number of halogens is 1. The van der Waals surface area contributed by atoms with E-state index < -0.39 is 18.5 Å². The number of carbonyl (C=O) groups is 3. The molecule has 0 aliphatic heterocycles. The molecule has 0 saturated heterocycles. The second-order valence-corrected chi connectivity index (χ2v) is 11.1. The van der Waals surface area contributed by atoms with Crippen molar-refractivity contribution in [3.63, 3.8) is 0 Å². The van der Waals surface area contributed by atoms with E-state index in [1.165, 1.54) is 19.3 Å². The minimum absolute atomic E-state index is 0.0320. The molecule has 0 spiro atoms. The van der Waals surface area contributed by atoms with Gasteiger partial charge >= 0.3 is 18.0 Å². The highest BCUT2D eigenvalue weighted by Crippen LogP contribution is 2.46. The van der Waals surface area contributed by atoms with E-state index >= 15 is 0 Å². The third kappa shape index (κ3) is 6.26. The third-order valence-corrected chi connectivity index (χ3v) is 8.85. The second-order valence-electron chi connectivity index (χ2n) is 8.50. The van der Waals surface area contributed by atoms with Gasteiger partial charge in [0.1, 0.15) is 0 Å². The van der Waals surface area contributed by atoms with Crippen molar-refractivity contribution in [3.05, 3.63) is 50.4 Å². The number of amides is 2. The van der Waals surface area contributed by atoms with Crippen LogP contribution in [0.15, 0.2) is 45.6 Å². The molecule has 0 unspecified atom stereocenters. The van der Waals surface area contributed by atoms with Crippen LogP contribution in [0.4, 0.5) is 16.2 Å². The molecule has 0 radical (unpaired) electrons. The lowest BCUT2D eigenvalue weighted by Crippen LogP contribution is -2.39. The maximum absolute atomic E-state index is 13.4. The Labute approximate surface area is 224 Å². The summed E-state index contributed by atoms with van der Waals surface area (Å²) >= 11 is 5.88. The quantitative estimate of drug-likeness (QED) is 0.246. The van der Waals surface area contributed by atoms with Crippen LogP contribution >= 0.6 is 38.6 Å². The van der Waals surface area contributed by atoms with Crippen molar-refractivity contribution in [1.82, 2.24) is 0 Å². The summed E-state index contributed by atoms with van der Waals surface area (Å²) in [7, 11) is 0. The van der Waals surface area contributed by atoms with Gasteiger partial charge in [0.25, 0.3) is 0 Å². The van der Waals surface area contributed by atoms with E-state index in [4.69, 9.17) is 9.84 Å². The van der Waals surface area contributed by atoms with Gasteiger partial charge in [0.15, 0.2) is 17.2 Å². The summed E-state index contributed by atoms with van der Waals surface area (Å²) in [4.78, 5) is 38.3. The zero-order valence-corrected chi connectivity index (χ0v) is 22.5. The summed E-state index contributed by atoms with van der Waals surface area (Å²) in [5, 5.41) is 25.4. The van der Waals surface area contributed by atoms with Crippen LogP contribution in [0, 0.1) is 5.92 Å². The fourth-order valence-corrected chi connectivity index (χ4v) is 6.79. The van der Waals surface area contributed by atoms with Gasteiger partial charge in [-0.2, -0.15) is 11.3 Å². The number of nitrogens with one attached hydrogen (secondary N) is 1. The average Bonchev–Trinajstić information content (AvgIpc) is 3.50. The van der Waals surface area contributed by atoms with Gasteiger partial charge < -0.3 is 20.3 Å². The molecule has 2 amide bonds. The molecule has 0 atom stereocenters. The Balaban J connectivity index is 1.57. The van der Waals surface area contributed by atoms with Crippen molar-refractivity contribution in [3.8, 4) is 16.2 Å². The van der Waals surface area contributed by atoms with Crippen molar-refractivity contribution in [2.75, 3.05) is 23.4 Å². The maximum Gasteiger partial charge on any atom is 0.349 e. The van der Waals surface area contributed by atoms with Gasteiger partial charge in [0.05, 0.1) is 15.0 Å². The Hall–Kier alpha value is -2.89. The molecule has 1 fully saturated rings. The minimum atomic E-state index is -1.22. The van der Waals surface area contributed by atoms with Crippen LogP contribution < -0.4 is 15.0 Å². The van der Waals surface area contributed by atoms with E-state index in [9.17, 15) is 19.5 Å². The molecule has 36 heavy (non-hydrogen) atoms. The van der Waals surface area contributed by atoms with E-state index in [0.29, 0.717) is 33.1 Å². The van der Waals surface area contributed by atoms with Crippen LogP contribution in [-0.4, -0.2) is 41.3 Å². The normalized spacial score (nSPS) is 13.8. The van der Waals surface area contributed by atoms with Gasteiger partial charge in [0.2, 0.25) is 0 Å². The molecule has 1 aliphatic rings. The minimum Gasteiger partial charge on any atom is -0.479 e. The van der Waals surface area contributed by atoms with Gasteiger partial charge in [-0.3, -0.25) is 4.90 Å². The average molecular weight is 594 g/mol. The molecule has 0 bridgehead atoms. The number of carboxylic acids is 2. The number of urea groups is 1. The second kappa shape index (κ2) is 11.9. The number of anilines is 2. The number of ether oxygens (including phenoxy) is 1. The topological polar surface area (TPSA) is 116 Å². The lowest BCUT2D eigenvalue weighted by atomic mass is 9.89. The van der Waals surface area contributed by atoms with Gasteiger partial charge in [-0.25, -0.2) is 14.4 Å². The fraction of sp³-hybridized carbons (Fsp3) is 0.320.